The van der Waals surface area contributed by atoms with E-state index in [4.69, 9.17) is 0 Å². The van der Waals surface area contributed by atoms with Crippen molar-refractivity contribution in [3.63, 3.8) is 0 Å². The minimum absolute atomic E-state index is 0.153. The van der Waals surface area contributed by atoms with E-state index in [0.29, 0.717) is 12.1 Å². The van der Waals surface area contributed by atoms with Crippen LogP contribution in [0.4, 0.5) is 0 Å². The standard InChI is InChI=1S/C14H28N2O/c1-11(2)15-9-12(3)10-16(4)13-7-5-6-8-14(13)17/h11,13-15,17H,3,5-10H2,1-2,4H3. The third-order valence-electron chi connectivity index (χ3n) is 3.49. The Kier molecular flexibility index (Phi) is 6.17. The number of nitrogens with one attached hydrogen (secondary N) is 1. The summed E-state index contributed by atoms with van der Waals surface area (Å²) in [4.78, 5) is 2.26. The van der Waals surface area contributed by atoms with Gasteiger partial charge in [-0.25, -0.2) is 0 Å². The molecule has 0 amide bonds. The van der Waals surface area contributed by atoms with Gasteiger partial charge in [0, 0.05) is 25.2 Å². The predicted molar refractivity (Wildman–Crippen MR) is 73.2 cm³/mol. The van der Waals surface area contributed by atoms with E-state index in [1.165, 1.54) is 18.4 Å². The molecule has 0 heterocycles. The monoisotopic (exact) mass is 240 g/mol. The Bertz CT molecular complexity index is 240. The summed E-state index contributed by atoms with van der Waals surface area (Å²) in [5.41, 5.74) is 1.19. The first-order chi connectivity index (χ1) is 8.00. The molecule has 1 saturated carbocycles. The summed E-state index contributed by atoms with van der Waals surface area (Å²) in [6.07, 6.45) is 4.32. The minimum Gasteiger partial charge on any atom is -0.391 e. The van der Waals surface area contributed by atoms with Crippen LogP contribution in [0.1, 0.15) is 39.5 Å². The Morgan fingerprint density at radius 2 is 2.06 bits per heavy atom. The molecule has 0 aromatic heterocycles. The smallest absolute Gasteiger partial charge is 0.0695 e. The second-order valence-electron chi connectivity index (χ2n) is 5.62. The molecule has 1 rings (SSSR count). The van der Waals surface area contributed by atoms with Crippen LogP contribution in [0.15, 0.2) is 12.2 Å². The topological polar surface area (TPSA) is 35.5 Å². The Hall–Kier alpha value is -0.380. The molecule has 2 atom stereocenters. The van der Waals surface area contributed by atoms with Crippen molar-refractivity contribution in [3.05, 3.63) is 12.2 Å². The molecule has 0 bridgehead atoms. The van der Waals surface area contributed by atoms with Crippen molar-refractivity contribution in [2.45, 2.75) is 57.7 Å². The molecule has 0 spiro atoms. The van der Waals surface area contributed by atoms with Crippen molar-refractivity contribution in [2.75, 3.05) is 20.1 Å². The van der Waals surface area contributed by atoms with E-state index in [0.717, 1.165) is 25.9 Å². The van der Waals surface area contributed by atoms with Crippen LogP contribution in [-0.2, 0) is 0 Å². The number of likely N-dealkylation sites (N-methyl/N-ethyl adjacent to an activating group) is 1. The fourth-order valence-electron chi connectivity index (χ4n) is 2.48. The maximum absolute atomic E-state index is 9.98. The number of hydrogen-bond donors (Lipinski definition) is 2. The molecule has 3 heteroatoms. The molecular weight excluding hydrogens is 212 g/mol. The maximum Gasteiger partial charge on any atom is 0.0695 e. The molecular formula is C14H28N2O. The van der Waals surface area contributed by atoms with Crippen molar-refractivity contribution in [1.82, 2.24) is 10.2 Å². The van der Waals surface area contributed by atoms with Gasteiger partial charge in [-0.3, -0.25) is 4.90 Å². The zero-order chi connectivity index (χ0) is 12.8. The lowest BCUT2D eigenvalue weighted by Gasteiger charge is -2.35. The second-order valence-corrected chi connectivity index (χ2v) is 5.62. The highest BCUT2D eigenvalue weighted by Crippen LogP contribution is 2.22. The van der Waals surface area contributed by atoms with E-state index in [1.807, 2.05) is 0 Å². The summed E-state index contributed by atoms with van der Waals surface area (Å²) >= 11 is 0. The number of rotatable bonds is 6. The summed E-state index contributed by atoms with van der Waals surface area (Å²) in [5, 5.41) is 13.4. The van der Waals surface area contributed by atoms with Crippen LogP contribution < -0.4 is 5.32 Å². The lowest BCUT2D eigenvalue weighted by atomic mass is 9.91. The summed E-state index contributed by atoms with van der Waals surface area (Å²) in [6, 6.07) is 0.817. The van der Waals surface area contributed by atoms with Gasteiger partial charge in [0.2, 0.25) is 0 Å². The molecule has 2 unspecified atom stereocenters. The van der Waals surface area contributed by atoms with Crippen LogP contribution in [0.3, 0.4) is 0 Å². The summed E-state index contributed by atoms with van der Waals surface area (Å²) < 4.78 is 0. The quantitative estimate of drug-likeness (QED) is 0.695. The van der Waals surface area contributed by atoms with Gasteiger partial charge in [0.1, 0.15) is 0 Å². The summed E-state index contributed by atoms with van der Waals surface area (Å²) in [6.45, 7) is 10.1. The van der Waals surface area contributed by atoms with E-state index in [1.54, 1.807) is 0 Å². The number of aliphatic hydroxyl groups excluding tert-OH is 1. The third kappa shape index (κ3) is 5.19. The molecule has 3 nitrogen and oxygen atoms in total. The number of nitrogens with zero attached hydrogens (tertiary/aromatic N) is 1. The molecule has 1 aliphatic rings. The van der Waals surface area contributed by atoms with Gasteiger partial charge < -0.3 is 10.4 Å². The Balaban J connectivity index is 2.31. The van der Waals surface area contributed by atoms with Gasteiger partial charge in [-0.15, -0.1) is 0 Å². The normalized spacial score (nSPS) is 25.5. The minimum atomic E-state index is -0.153. The molecule has 1 fully saturated rings. The third-order valence-corrected chi connectivity index (χ3v) is 3.49. The molecule has 0 aliphatic heterocycles. The molecule has 1 aliphatic carbocycles. The highest BCUT2D eigenvalue weighted by molar-refractivity contribution is 5.01. The average molecular weight is 240 g/mol. The highest BCUT2D eigenvalue weighted by Gasteiger charge is 2.26. The van der Waals surface area contributed by atoms with Crippen LogP contribution in [0.5, 0.6) is 0 Å². The lowest BCUT2D eigenvalue weighted by Crippen LogP contribution is -2.44. The molecule has 17 heavy (non-hydrogen) atoms. The molecule has 0 radical (unpaired) electrons. The molecule has 0 aromatic rings. The number of aliphatic hydroxyl groups is 1. The molecule has 0 saturated heterocycles. The summed E-state index contributed by atoms with van der Waals surface area (Å²) in [5.74, 6) is 0. The van der Waals surface area contributed by atoms with Crippen molar-refractivity contribution >= 4 is 0 Å². The SMILES string of the molecule is C=C(CNC(C)C)CN(C)C1CCCCC1O. The van der Waals surface area contributed by atoms with Crippen LogP contribution in [-0.4, -0.2) is 48.3 Å². The first-order valence-corrected chi connectivity index (χ1v) is 6.79. The first-order valence-electron chi connectivity index (χ1n) is 6.79. The first kappa shape index (κ1) is 14.7. The summed E-state index contributed by atoms with van der Waals surface area (Å²) in [7, 11) is 2.10. The Morgan fingerprint density at radius 3 is 2.65 bits per heavy atom. The van der Waals surface area contributed by atoms with Gasteiger partial charge in [0.05, 0.1) is 6.10 Å². The van der Waals surface area contributed by atoms with Crippen LogP contribution in [0, 0.1) is 0 Å². The largest absolute Gasteiger partial charge is 0.391 e. The Morgan fingerprint density at radius 1 is 1.41 bits per heavy atom. The second kappa shape index (κ2) is 7.14. The zero-order valence-corrected chi connectivity index (χ0v) is 11.6. The molecule has 0 aromatic carbocycles. The molecule has 100 valence electrons. The fraction of sp³-hybridized carbons (Fsp3) is 0.857. The van der Waals surface area contributed by atoms with Gasteiger partial charge in [0.25, 0.3) is 0 Å². The fourth-order valence-corrected chi connectivity index (χ4v) is 2.48. The Labute approximate surface area is 106 Å². The maximum atomic E-state index is 9.98. The van der Waals surface area contributed by atoms with Gasteiger partial charge in [-0.05, 0) is 25.5 Å². The highest BCUT2D eigenvalue weighted by atomic mass is 16.3. The van der Waals surface area contributed by atoms with Gasteiger partial charge in [0.15, 0.2) is 0 Å². The molecule has 2 N–H and O–H groups in total. The van der Waals surface area contributed by atoms with Gasteiger partial charge in [-0.2, -0.15) is 0 Å². The van der Waals surface area contributed by atoms with E-state index >= 15 is 0 Å². The zero-order valence-electron chi connectivity index (χ0n) is 11.6. The van der Waals surface area contributed by atoms with E-state index in [9.17, 15) is 5.11 Å². The predicted octanol–water partition coefficient (Wildman–Crippen LogP) is 1.78. The van der Waals surface area contributed by atoms with Crippen molar-refractivity contribution < 1.29 is 5.11 Å². The van der Waals surface area contributed by atoms with Crippen molar-refractivity contribution in [2.24, 2.45) is 0 Å². The average Bonchev–Trinajstić information content (AvgIpc) is 2.26. The van der Waals surface area contributed by atoms with Gasteiger partial charge in [-0.1, -0.05) is 33.3 Å². The van der Waals surface area contributed by atoms with Gasteiger partial charge >= 0.3 is 0 Å². The van der Waals surface area contributed by atoms with Crippen molar-refractivity contribution in [1.29, 1.82) is 0 Å². The van der Waals surface area contributed by atoms with Crippen molar-refractivity contribution in [3.8, 4) is 0 Å². The van der Waals surface area contributed by atoms with Crippen LogP contribution >= 0.6 is 0 Å². The number of hydrogen-bond acceptors (Lipinski definition) is 3. The lowest BCUT2D eigenvalue weighted by molar-refractivity contribution is 0.0361. The van der Waals surface area contributed by atoms with E-state index < -0.39 is 0 Å². The van der Waals surface area contributed by atoms with E-state index in [2.05, 4.69) is 37.7 Å². The van der Waals surface area contributed by atoms with Crippen LogP contribution in [0.2, 0.25) is 0 Å². The van der Waals surface area contributed by atoms with Crippen LogP contribution in [0.25, 0.3) is 0 Å². The van der Waals surface area contributed by atoms with E-state index in [-0.39, 0.29) is 6.10 Å².